The van der Waals surface area contributed by atoms with Crippen LogP contribution in [0.25, 0.3) is 0 Å². The molecule has 1 aliphatic heterocycles. The number of hydrogen-bond acceptors (Lipinski definition) is 3. The monoisotopic (exact) mass is 342 g/mol. The summed E-state index contributed by atoms with van der Waals surface area (Å²) in [5, 5.41) is 0. The van der Waals surface area contributed by atoms with E-state index in [0.29, 0.717) is 32.8 Å². The summed E-state index contributed by atoms with van der Waals surface area (Å²) < 4.78 is 33.2. The summed E-state index contributed by atoms with van der Waals surface area (Å²) in [7, 11) is -3.36. The zero-order chi connectivity index (χ0) is 13.8. The fourth-order valence-electron chi connectivity index (χ4n) is 1.81. The molecular formula is C11H23BrN2O3S. The number of nitrogens with zero attached hydrogens (tertiary/aromatic N) is 1. The summed E-state index contributed by atoms with van der Waals surface area (Å²) in [6, 6.07) is 0. The Bertz CT molecular complexity index is 348. The van der Waals surface area contributed by atoms with Crippen molar-refractivity contribution < 1.29 is 13.2 Å². The average molecular weight is 343 g/mol. The van der Waals surface area contributed by atoms with Gasteiger partial charge in [0.1, 0.15) is 0 Å². The third-order valence-corrected chi connectivity index (χ3v) is 4.85. The minimum Gasteiger partial charge on any atom is -0.379 e. The van der Waals surface area contributed by atoms with Gasteiger partial charge < -0.3 is 4.74 Å². The lowest BCUT2D eigenvalue weighted by molar-refractivity contribution is 0.0725. The topological polar surface area (TPSA) is 58.6 Å². The highest BCUT2D eigenvalue weighted by atomic mass is 79.9. The maximum absolute atomic E-state index is 12.0. The molecule has 1 aliphatic rings. The highest BCUT2D eigenvalue weighted by molar-refractivity contribution is 9.09. The van der Waals surface area contributed by atoms with Gasteiger partial charge in [-0.05, 0) is 11.8 Å². The highest BCUT2D eigenvalue weighted by Gasteiger charge is 2.25. The zero-order valence-electron chi connectivity index (χ0n) is 11.3. The Hall–Kier alpha value is 0.310. The van der Waals surface area contributed by atoms with E-state index in [0.717, 1.165) is 6.42 Å². The van der Waals surface area contributed by atoms with Crippen molar-refractivity contribution in [2.45, 2.75) is 32.0 Å². The van der Waals surface area contributed by atoms with Crippen molar-refractivity contribution in [1.29, 1.82) is 0 Å². The minimum atomic E-state index is -3.36. The Morgan fingerprint density at radius 1 is 1.33 bits per heavy atom. The molecule has 18 heavy (non-hydrogen) atoms. The van der Waals surface area contributed by atoms with Gasteiger partial charge >= 0.3 is 0 Å². The summed E-state index contributed by atoms with van der Waals surface area (Å²) in [6.45, 7) is 8.63. The van der Waals surface area contributed by atoms with Crippen LogP contribution >= 0.6 is 15.9 Å². The van der Waals surface area contributed by atoms with Gasteiger partial charge in [0.25, 0.3) is 10.2 Å². The van der Waals surface area contributed by atoms with Crippen molar-refractivity contribution in [3.05, 3.63) is 0 Å². The molecule has 5 nitrogen and oxygen atoms in total. The molecular weight excluding hydrogens is 320 g/mol. The van der Waals surface area contributed by atoms with E-state index in [9.17, 15) is 8.42 Å². The molecule has 0 aliphatic carbocycles. The second-order valence-corrected chi connectivity index (χ2v) is 8.78. The van der Waals surface area contributed by atoms with E-state index >= 15 is 0 Å². The van der Waals surface area contributed by atoms with E-state index in [1.807, 2.05) is 0 Å². The Kier molecular flexibility index (Phi) is 6.05. The first-order valence-electron chi connectivity index (χ1n) is 6.17. The smallest absolute Gasteiger partial charge is 0.279 e. The molecule has 1 rings (SSSR count). The zero-order valence-corrected chi connectivity index (χ0v) is 13.7. The van der Waals surface area contributed by atoms with Crippen LogP contribution in [0.3, 0.4) is 0 Å². The molecule has 0 amide bonds. The van der Waals surface area contributed by atoms with E-state index < -0.39 is 10.2 Å². The van der Waals surface area contributed by atoms with E-state index in [1.165, 1.54) is 4.31 Å². The molecule has 1 fully saturated rings. The summed E-state index contributed by atoms with van der Waals surface area (Å²) in [6.07, 6.45) is 0.915. The van der Waals surface area contributed by atoms with Crippen LogP contribution in [0.15, 0.2) is 0 Å². The quantitative estimate of drug-likeness (QED) is 0.767. The first-order chi connectivity index (χ1) is 8.21. The molecule has 1 N–H and O–H groups in total. The summed E-state index contributed by atoms with van der Waals surface area (Å²) >= 11 is 3.52. The number of hydrogen-bond donors (Lipinski definition) is 1. The van der Waals surface area contributed by atoms with Crippen molar-refractivity contribution >= 4 is 26.1 Å². The van der Waals surface area contributed by atoms with Crippen LogP contribution in [0.5, 0.6) is 0 Å². The maximum Gasteiger partial charge on any atom is 0.279 e. The molecule has 0 radical (unpaired) electrons. The molecule has 0 aromatic heterocycles. The van der Waals surface area contributed by atoms with E-state index in [1.54, 1.807) is 0 Å². The van der Waals surface area contributed by atoms with Gasteiger partial charge in [0.15, 0.2) is 0 Å². The molecule has 0 aromatic rings. The molecule has 0 saturated carbocycles. The van der Waals surface area contributed by atoms with Gasteiger partial charge in [-0.25, -0.2) is 4.72 Å². The van der Waals surface area contributed by atoms with Crippen LogP contribution in [0.4, 0.5) is 0 Å². The first-order valence-corrected chi connectivity index (χ1v) is 8.53. The Morgan fingerprint density at radius 3 is 2.39 bits per heavy atom. The number of alkyl halides is 1. The summed E-state index contributed by atoms with van der Waals surface area (Å²) in [5.41, 5.74) is 0.179. The van der Waals surface area contributed by atoms with Gasteiger partial charge in [-0.2, -0.15) is 12.7 Å². The molecule has 108 valence electrons. The van der Waals surface area contributed by atoms with Crippen molar-refractivity contribution in [3.8, 4) is 0 Å². The number of morpholine rings is 1. The Balaban J connectivity index is 2.41. The normalized spacial score (nSPS) is 20.9. The molecule has 1 unspecified atom stereocenters. The number of nitrogens with one attached hydrogen (secondary N) is 1. The molecule has 0 bridgehead atoms. The second-order valence-electron chi connectivity index (χ2n) is 5.73. The predicted molar refractivity (Wildman–Crippen MR) is 76.1 cm³/mol. The van der Waals surface area contributed by atoms with Gasteiger partial charge in [-0.15, -0.1) is 0 Å². The van der Waals surface area contributed by atoms with Gasteiger partial charge in [-0.3, -0.25) is 0 Å². The van der Waals surface area contributed by atoms with Crippen LogP contribution < -0.4 is 4.72 Å². The van der Waals surface area contributed by atoms with Crippen molar-refractivity contribution in [3.63, 3.8) is 0 Å². The summed E-state index contributed by atoms with van der Waals surface area (Å²) in [4.78, 5) is 0.147. The third kappa shape index (κ3) is 5.97. The molecule has 1 heterocycles. The lowest BCUT2D eigenvalue weighted by atomic mass is 9.91. The predicted octanol–water partition coefficient (Wildman–Crippen LogP) is 1.35. The summed E-state index contributed by atoms with van der Waals surface area (Å²) in [5.74, 6) is 0. The van der Waals surface area contributed by atoms with E-state index in [4.69, 9.17) is 4.74 Å². The first kappa shape index (κ1) is 16.4. The lowest BCUT2D eigenvalue weighted by Crippen LogP contribution is -2.47. The van der Waals surface area contributed by atoms with Gasteiger partial charge in [0.2, 0.25) is 0 Å². The van der Waals surface area contributed by atoms with E-state index in [2.05, 4.69) is 41.4 Å². The molecule has 0 spiro atoms. The SMILES string of the molecule is CC(C)(C)CC(Br)CNS(=O)(=O)N1CCOCC1. The van der Waals surface area contributed by atoms with Gasteiger partial charge in [0, 0.05) is 24.5 Å². The van der Waals surface area contributed by atoms with E-state index in [-0.39, 0.29) is 10.2 Å². The minimum absolute atomic E-state index is 0.147. The van der Waals surface area contributed by atoms with Crippen LogP contribution in [0.2, 0.25) is 0 Å². The standard InChI is InChI=1S/C11H23BrN2O3S/c1-11(2,3)8-10(12)9-13-18(15,16)14-4-6-17-7-5-14/h10,13H,4-9H2,1-3H3. The molecule has 1 atom stereocenters. The Labute approximate surface area is 119 Å². The lowest BCUT2D eigenvalue weighted by Gasteiger charge is -2.27. The third-order valence-electron chi connectivity index (χ3n) is 2.63. The van der Waals surface area contributed by atoms with Gasteiger partial charge in [0.05, 0.1) is 13.2 Å². The average Bonchev–Trinajstić information content (AvgIpc) is 2.26. The number of rotatable bonds is 5. The maximum atomic E-state index is 12.0. The molecule has 7 heteroatoms. The van der Waals surface area contributed by atoms with Crippen LogP contribution in [-0.4, -0.2) is 50.4 Å². The highest BCUT2D eigenvalue weighted by Crippen LogP contribution is 2.24. The second kappa shape index (κ2) is 6.65. The molecule has 1 saturated heterocycles. The molecule has 0 aromatic carbocycles. The van der Waals surface area contributed by atoms with Crippen molar-refractivity contribution in [2.24, 2.45) is 5.41 Å². The Morgan fingerprint density at radius 2 is 1.89 bits per heavy atom. The van der Waals surface area contributed by atoms with Crippen molar-refractivity contribution in [1.82, 2.24) is 9.03 Å². The van der Waals surface area contributed by atoms with Crippen LogP contribution in [0.1, 0.15) is 27.2 Å². The van der Waals surface area contributed by atoms with Crippen LogP contribution in [-0.2, 0) is 14.9 Å². The van der Waals surface area contributed by atoms with Crippen LogP contribution in [0, 0.1) is 5.41 Å². The van der Waals surface area contributed by atoms with Gasteiger partial charge in [-0.1, -0.05) is 36.7 Å². The fourth-order valence-corrected chi connectivity index (χ4v) is 4.38. The fraction of sp³-hybridized carbons (Fsp3) is 1.00. The largest absolute Gasteiger partial charge is 0.379 e. The van der Waals surface area contributed by atoms with Crippen molar-refractivity contribution in [2.75, 3.05) is 32.8 Å². The number of halogens is 1. The number of ether oxygens (including phenoxy) is 1.